The fourth-order valence-corrected chi connectivity index (χ4v) is 3.16. The van der Waals surface area contributed by atoms with Gasteiger partial charge in [-0.15, -0.1) is 11.6 Å². The van der Waals surface area contributed by atoms with E-state index >= 15 is 0 Å². The highest BCUT2D eigenvalue weighted by molar-refractivity contribution is 6.21. The predicted octanol–water partition coefficient (Wildman–Crippen LogP) is 2.89. The topological polar surface area (TPSA) is 38.3 Å². The Kier molecular flexibility index (Phi) is 3.04. The molecule has 3 rings (SSSR count). The van der Waals surface area contributed by atoms with Crippen molar-refractivity contribution in [3.8, 4) is 0 Å². The number of anilines is 1. The summed E-state index contributed by atoms with van der Waals surface area (Å²) in [5.74, 6) is 0.541. The van der Waals surface area contributed by atoms with Gasteiger partial charge in [-0.2, -0.15) is 0 Å². The van der Waals surface area contributed by atoms with E-state index in [1.165, 1.54) is 0 Å². The van der Waals surface area contributed by atoms with Crippen LogP contribution in [0, 0.1) is 5.92 Å². The smallest absolute Gasteiger partial charge is 0.228 e. The molecule has 0 aromatic heterocycles. The molecule has 1 N–H and O–H groups in total. The van der Waals surface area contributed by atoms with Gasteiger partial charge in [0.25, 0.3) is 0 Å². The minimum Gasteiger partial charge on any atom is -0.376 e. The Morgan fingerprint density at radius 2 is 2.33 bits per heavy atom. The Bertz CT molecular complexity index is 489. The van der Waals surface area contributed by atoms with E-state index in [0.29, 0.717) is 12.3 Å². The summed E-state index contributed by atoms with van der Waals surface area (Å²) in [6, 6.07) is 5.94. The van der Waals surface area contributed by atoms with E-state index < -0.39 is 0 Å². The van der Waals surface area contributed by atoms with Crippen molar-refractivity contribution >= 4 is 23.2 Å². The summed E-state index contributed by atoms with van der Waals surface area (Å²) in [7, 11) is 0. The zero-order valence-corrected chi connectivity index (χ0v) is 11.0. The highest BCUT2D eigenvalue weighted by Gasteiger charge is 2.32. The molecule has 4 heteroatoms. The van der Waals surface area contributed by atoms with Gasteiger partial charge in [0.05, 0.1) is 17.9 Å². The number of rotatable bonds is 2. The third kappa shape index (κ3) is 2.02. The van der Waals surface area contributed by atoms with Gasteiger partial charge in [-0.1, -0.05) is 19.1 Å². The van der Waals surface area contributed by atoms with E-state index in [4.69, 9.17) is 16.3 Å². The second-order valence-corrected chi connectivity index (χ2v) is 5.61. The van der Waals surface area contributed by atoms with Crippen molar-refractivity contribution in [1.29, 1.82) is 0 Å². The van der Waals surface area contributed by atoms with Crippen LogP contribution in [-0.4, -0.2) is 18.6 Å². The SMILES string of the molecule is CC1CCOC1C(Cl)c1ccc2c(c1)CC(=O)N2. The van der Waals surface area contributed by atoms with Crippen molar-refractivity contribution in [2.45, 2.75) is 31.2 Å². The van der Waals surface area contributed by atoms with Crippen molar-refractivity contribution in [2.24, 2.45) is 5.92 Å². The van der Waals surface area contributed by atoms with E-state index in [1.54, 1.807) is 0 Å². The molecule has 2 aliphatic rings. The maximum atomic E-state index is 11.3. The van der Waals surface area contributed by atoms with Crippen molar-refractivity contribution in [1.82, 2.24) is 0 Å². The molecule has 3 nitrogen and oxygen atoms in total. The van der Waals surface area contributed by atoms with E-state index in [2.05, 4.69) is 12.2 Å². The zero-order valence-electron chi connectivity index (χ0n) is 10.3. The summed E-state index contributed by atoms with van der Waals surface area (Å²) in [6.45, 7) is 2.96. The molecule has 3 atom stereocenters. The average Bonchev–Trinajstić information content (AvgIpc) is 2.91. The molecule has 96 valence electrons. The lowest BCUT2D eigenvalue weighted by Crippen LogP contribution is -2.19. The minimum atomic E-state index is -0.136. The molecule has 1 aromatic carbocycles. The Morgan fingerprint density at radius 3 is 3.06 bits per heavy atom. The molecule has 2 heterocycles. The summed E-state index contributed by atoms with van der Waals surface area (Å²) in [5, 5.41) is 2.69. The lowest BCUT2D eigenvalue weighted by molar-refractivity contribution is -0.115. The van der Waals surface area contributed by atoms with Gasteiger partial charge in [0.1, 0.15) is 0 Å². The zero-order chi connectivity index (χ0) is 12.7. The maximum absolute atomic E-state index is 11.3. The van der Waals surface area contributed by atoms with Crippen LogP contribution in [-0.2, 0) is 16.0 Å². The number of ether oxygens (including phenoxy) is 1. The van der Waals surface area contributed by atoms with Gasteiger partial charge in [-0.25, -0.2) is 0 Å². The first-order chi connectivity index (χ1) is 8.65. The van der Waals surface area contributed by atoms with E-state index in [0.717, 1.165) is 29.8 Å². The number of hydrogen-bond donors (Lipinski definition) is 1. The molecule has 18 heavy (non-hydrogen) atoms. The van der Waals surface area contributed by atoms with Crippen molar-refractivity contribution < 1.29 is 9.53 Å². The summed E-state index contributed by atoms with van der Waals surface area (Å²) < 4.78 is 5.71. The van der Waals surface area contributed by atoms with Gasteiger partial charge in [0.2, 0.25) is 5.91 Å². The maximum Gasteiger partial charge on any atom is 0.228 e. The van der Waals surface area contributed by atoms with Crippen LogP contribution in [0.4, 0.5) is 5.69 Å². The van der Waals surface area contributed by atoms with Crippen LogP contribution >= 0.6 is 11.6 Å². The molecule has 0 spiro atoms. The van der Waals surface area contributed by atoms with Gasteiger partial charge in [0, 0.05) is 12.3 Å². The molecule has 1 amide bonds. The third-order valence-electron chi connectivity index (χ3n) is 3.81. The molecule has 0 saturated carbocycles. The number of halogens is 1. The van der Waals surface area contributed by atoms with Crippen LogP contribution in [0.2, 0.25) is 0 Å². The van der Waals surface area contributed by atoms with Crippen LogP contribution in [0.3, 0.4) is 0 Å². The molecule has 0 radical (unpaired) electrons. The fourth-order valence-electron chi connectivity index (χ4n) is 2.70. The van der Waals surface area contributed by atoms with E-state index in [1.807, 2.05) is 18.2 Å². The Labute approximate surface area is 111 Å². The Balaban J connectivity index is 1.85. The van der Waals surface area contributed by atoms with Gasteiger partial charge in [-0.3, -0.25) is 4.79 Å². The second kappa shape index (κ2) is 4.56. The second-order valence-electron chi connectivity index (χ2n) is 5.14. The fraction of sp³-hybridized carbons (Fsp3) is 0.500. The number of alkyl halides is 1. The molecule has 3 unspecified atom stereocenters. The molecular weight excluding hydrogens is 250 g/mol. The molecule has 1 aromatic rings. The van der Waals surface area contributed by atoms with Gasteiger partial charge < -0.3 is 10.1 Å². The monoisotopic (exact) mass is 265 g/mol. The number of benzene rings is 1. The molecule has 1 saturated heterocycles. The number of carbonyl (C=O) groups excluding carboxylic acids is 1. The van der Waals surface area contributed by atoms with Crippen LogP contribution in [0.5, 0.6) is 0 Å². The highest BCUT2D eigenvalue weighted by atomic mass is 35.5. The Morgan fingerprint density at radius 1 is 1.50 bits per heavy atom. The summed E-state index contributed by atoms with van der Waals surface area (Å²) in [5.41, 5.74) is 2.99. The lowest BCUT2D eigenvalue weighted by atomic mass is 9.95. The normalized spacial score (nSPS) is 28.0. The van der Waals surface area contributed by atoms with Crippen LogP contribution < -0.4 is 5.32 Å². The quantitative estimate of drug-likeness (QED) is 0.835. The molecular formula is C14H16ClNO2. The third-order valence-corrected chi connectivity index (χ3v) is 4.31. The number of nitrogens with one attached hydrogen (secondary N) is 1. The molecule has 0 aliphatic carbocycles. The van der Waals surface area contributed by atoms with Crippen LogP contribution in [0.15, 0.2) is 18.2 Å². The first kappa shape index (κ1) is 12.0. The minimum absolute atomic E-state index is 0.0544. The van der Waals surface area contributed by atoms with Crippen molar-refractivity contribution in [2.75, 3.05) is 11.9 Å². The van der Waals surface area contributed by atoms with Gasteiger partial charge in [-0.05, 0) is 29.5 Å². The number of carbonyl (C=O) groups is 1. The number of hydrogen-bond acceptors (Lipinski definition) is 2. The number of fused-ring (bicyclic) bond motifs is 1. The van der Waals surface area contributed by atoms with Gasteiger partial charge in [0.15, 0.2) is 0 Å². The van der Waals surface area contributed by atoms with Crippen molar-refractivity contribution in [3.05, 3.63) is 29.3 Å². The average molecular weight is 266 g/mol. The first-order valence-electron chi connectivity index (χ1n) is 6.33. The summed E-state index contributed by atoms with van der Waals surface area (Å²) >= 11 is 6.52. The van der Waals surface area contributed by atoms with Gasteiger partial charge >= 0.3 is 0 Å². The highest BCUT2D eigenvalue weighted by Crippen LogP contribution is 2.37. The largest absolute Gasteiger partial charge is 0.376 e. The van der Waals surface area contributed by atoms with Crippen molar-refractivity contribution in [3.63, 3.8) is 0 Å². The molecule has 1 fully saturated rings. The first-order valence-corrected chi connectivity index (χ1v) is 6.77. The predicted molar refractivity (Wildman–Crippen MR) is 70.9 cm³/mol. The van der Waals surface area contributed by atoms with Crippen LogP contribution in [0.25, 0.3) is 0 Å². The van der Waals surface area contributed by atoms with E-state index in [9.17, 15) is 4.79 Å². The Hall–Kier alpha value is -1.06. The van der Waals surface area contributed by atoms with E-state index in [-0.39, 0.29) is 17.4 Å². The summed E-state index contributed by atoms with van der Waals surface area (Å²) in [4.78, 5) is 11.3. The standard InChI is InChI=1S/C14H16ClNO2/c1-8-4-5-18-14(8)13(15)9-2-3-11-10(6-9)7-12(17)16-11/h2-3,6,8,13-14H,4-5,7H2,1H3,(H,16,17). The molecule has 2 aliphatic heterocycles. The number of amides is 1. The van der Waals surface area contributed by atoms with Crippen LogP contribution in [0.1, 0.15) is 29.8 Å². The summed E-state index contributed by atoms with van der Waals surface area (Å²) in [6.07, 6.45) is 1.60. The lowest BCUT2D eigenvalue weighted by Gasteiger charge is -2.21. The molecule has 0 bridgehead atoms.